The molecule has 0 aliphatic heterocycles. The number of ether oxygens (including phenoxy) is 3. The first-order valence-corrected chi connectivity index (χ1v) is 8.93. The molecule has 0 saturated carbocycles. The molecular weight excluding hydrogens is 322 g/mol. The summed E-state index contributed by atoms with van der Waals surface area (Å²) in [4.78, 5) is 24.3. The Morgan fingerprint density at radius 2 is 1.76 bits per heavy atom. The second-order valence-corrected chi connectivity index (χ2v) is 6.46. The highest BCUT2D eigenvalue weighted by Crippen LogP contribution is 2.38. The van der Waals surface area contributed by atoms with Crippen molar-refractivity contribution in [2.24, 2.45) is 0 Å². The minimum absolute atomic E-state index is 0.0305. The summed E-state index contributed by atoms with van der Waals surface area (Å²) in [7, 11) is 1.45. The van der Waals surface area contributed by atoms with E-state index in [0.29, 0.717) is 0 Å². The third-order valence-electron chi connectivity index (χ3n) is 4.82. The molecule has 2 aliphatic rings. The van der Waals surface area contributed by atoms with Crippen molar-refractivity contribution in [3.63, 3.8) is 0 Å². The van der Waals surface area contributed by atoms with Crippen LogP contribution in [0.25, 0.3) is 0 Å². The van der Waals surface area contributed by atoms with Gasteiger partial charge in [0.2, 0.25) is 6.10 Å². The lowest BCUT2D eigenvalue weighted by Crippen LogP contribution is -2.35. The van der Waals surface area contributed by atoms with Gasteiger partial charge in [-0.15, -0.1) is 0 Å². The molecule has 0 heterocycles. The molecule has 136 valence electrons. The number of nitrogens with one attached hydrogen (secondary N) is 1. The predicted molar refractivity (Wildman–Crippen MR) is 92.9 cm³/mol. The van der Waals surface area contributed by atoms with Crippen molar-refractivity contribution in [2.45, 2.75) is 51.6 Å². The molecule has 6 heteroatoms. The number of rotatable bonds is 6. The minimum Gasteiger partial charge on any atom is -0.463 e. The summed E-state index contributed by atoms with van der Waals surface area (Å²) in [5.74, 6) is -0.594. The number of esters is 1. The summed E-state index contributed by atoms with van der Waals surface area (Å²) in [5, 5.41) is 2.90. The van der Waals surface area contributed by atoms with E-state index in [9.17, 15) is 9.59 Å². The fourth-order valence-corrected chi connectivity index (χ4v) is 3.76. The van der Waals surface area contributed by atoms with Crippen molar-refractivity contribution < 1.29 is 23.8 Å². The molecule has 0 aromatic heterocycles. The smallest absolute Gasteiger partial charge is 0.412 e. The summed E-state index contributed by atoms with van der Waals surface area (Å²) in [5.41, 5.74) is 5.99. The molecular formula is C19H25NO5. The molecule has 0 saturated heterocycles. The molecule has 1 N–H and O–H groups in total. The van der Waals surface area contributed by atoms with Gasteiger partial charge in [-0.05, 0) is 67.7 Å². The van der Waals surface area contributed by atoms with Crippen molar-refractivity contribution in [1.82, 2.24) is 0 Å². The number of fused-ring (bicyclic) bond motifs is 2. The van der Waals surface area contributed by atoms with Crippen LogP contribution in [0.5, 0.6) is 0 Å². The Labute approximate surface area is 147 Å². The van der Waals surface area contributed by atoms with Crippen molar-refractivity contribution in [1.29, 1.82) is 0 Å². The maximum atomic E-state index is 12.4. The van der Waals surface area contributed by atoms with Gasteiger partial charge in [0, 0.05) is 7.11 Å². The molecule has 0 fully saturated rings. The van der Waals surface area contributed by atoms with Gasteiger partial charge in [0.25, 0.3) is 0 Å². The van der Waals surface area contributed by atoms with Gasteiger partial charge >= 0.3 is 12.1 Å². The fourth-order valence-electron chi connectivity index (χ4n) is 3.76. The van der Waals surface area contributed by atoms with Gasteiger partial charge in [-0.2, -0.15) is 0 Å². The molecule has 1 atom stereocenters. The number of carbonyl (C=O) groups is 2. The zero-order valence-electron chi connectivity index (χ0n) is 14.9. The Morgan fingerprint density at radius 3 is 2.32 bits per heavy atom. The maximum Gasteiger partial charge on any atom is 0.412 e. The lowest BCUT2D eigenvalue weighted by atomic mass is 9.99. The van der Waals surface area contributed by atoms with Crippen LogP contribution in [0.2, 0.25) is 0 Å². The average Bonchev–Trinajstić information content (AvgIpc) is 3.23. The Balaban J connectivity index is 1.76. The van der Waals surface area contributed by atoms with E-state index in [-0.39, 0.29) is 13.2 Å². The largest absolute Gasteiger partial charge is 0.463 e. The Morgan fingerprint density at radius 1 is 1.12 bits per heavy atom. The molecule has 25 heavy (non-hydrogen) atoms. The summed E-state index contributed by atoms with van der Waals surface area (Å²) in [6.07, 6.45) is 4.58. The van der Waals surface area contributed by atoms with Crippen LogP contribution in [-0.2, 0) is 44.7 Å². The Kier molecular flexibility index (Phi) is 5.58. The van der Waals surface area contributed by atoms with Crippen LogP contribution in [-0.4, -0.2) is 38.5 Å². The molecule has 1 aromatic rings. The number of hydrogen-bond acceptors (Lipinski definition) is 5. The van der Waals surface area contributed by atoms with E-state index in [1.165, 1.54) is 29.4 Å². The highest BCUT2D eigenvalue weighted by atomic mass is 16.6. The monoisotopic (exact) mass is 347 g/mol. The lowest BCUT2D eigenvalue weighted by molar-refractivity contribution is -0.155. The van der Waals surface area contributed by atoms with Crippen LogP contribution in [0.15, 0.2) is 6.07 Å². The third-order valence-corrected chi connectivity index (χ3v) is 4.82. The summed E-state index contributed by atoms with van der Waals surface area (Å²) >= 11 is 0. The van der Waals surface area contributed by atoms with E-state index < -0.39 is 18.2 Å². The highest BCUT2D eigenvalue weighted by Gasteiger charge is 2.28. The summed E-state index contributed by atoms with van der Waals surface area (Å²) in [6.45, 7) is 1.90. The topological polar surface area (TPSA) is 73.9 Å². The molecule has 1 aromatic carbocycles. The molecule has 0 spiro atoms. The first kappa shape index (κ1) is 17.7. The zero-order chi connectivity index (χ0) is 17.8. The number of methoxy groups -OCH3 is 1. The minimum atomic E-state index is -1.06. The van der Waals surface area contributed by atoms with E-state index in [0.717, 1.165) is 44.2 Å². The van der Waals surface area contributed by atoms with Crippen LogP contribution in [0.1, 0.15) is 42.0 Å². The van der Waals surface area contributed by atoms with Crippen LogP contribution in [0.3, 0.4) is 0 Å². The molecule has 0 unspecified atom stereocenters. The first-order valence-electron chi connectivity index (χ1n) is 8.93. The van der Waals surface area contributed by atoms with E-state index in [1.807, 2.05) is 0 Å². The zero-order valence-corrected chi connectivity index (χ0v) is 14.9. The van der Waals surface area contributed by atoms with E-state index >= 15 is 0 Å². The molecule has 3 rings (SSSR count). The number of carbonyl (C=O) groups excluding carboxylic acids is 2. The van der Waals surface area contributed by atoms with Gasteiger partial charge in [0.1, 0.15) is 0 Å². The van der Waals surface area contributed by atoms with E-state index in [1.54, 1.807) is 6.92 Å². The van der Waals surface area contributed by atoms with E-state index in [2.05, 4.69) is 11.4 Å². The summed E-state index contributed by atoms with van der Waals surface area (Å²) in [6, 6.07) is 2.30. The van der Waals surface area contributed by atoms with Gasteiger partial charge < -0.3 is 14.2 Å². The standard InChI is InChI=1S/C19H25NO5/c1-3-24-18(21)16(11-23-2)25-19(22)20-17-14-8-4-6-12(14)10-13-7-5-9-15(13)17/h10,16H,3-9,11H2,1-2H3,(H,20,22)/t16-/m1/s1. The van der Waals surface area contributed by atoms with Gasteiger partial charge in [-0.25, -0.2) is 9.59 Å². The number of hydrogen-bond donors (Lipinski definition) is 1. The van der Waals surface area contributed by atoms with Gasteiger partial charge in [-0.3, -0.25) is 5.32 Å². The third kappa shape index (κ3) is 3.79. The van der Waals surface area contributed by atoms with Gasteiger partial charge in [0.15, 0.2) is 0 Å². The quantitative estimate of drug-likeness (QED) is 0.801. The normalized spacial score (nSPS) is 16.1. The maximum absolute atomic E-state index is 12.4. The van der Waals surface area contributed by atoms with Crippen molar-refractivity contribution in [2.75, 3.05) is 25.6 Å². The fraction of sp³-hybridized carbons (Fsp3) is 0.579. The second kappa shape index (κ2) is 7.87. The Bertz CT molecular complexity index is 638. The van der Waals surface area contributed by atoms with E-state index in [4.69, 9.17) is 14.2 Å². The van der Waals surface area contributed by atoms with Crippen LogP contribution in [0, 0.1) is 0 Å². The summed E-state index contributed by atoms with van der Waals surface area (Å²) < 4.78 is 15.2. The van der Waals surface area contributed by atoms with Crippen LogP contribution in [0.4, 0.5) is 10.5 Å². The number of anilines is 1. The molecule has 0 bridgehead atoms. The average molecular weight is 347 g/mol. The van der Waals surface area contributed by atoms with Crippen molar-refractivity contribution >= 4 is 17.7 Å². The van der Waals surface area contributed by atoms with Crippen LogP contribution < -0.4 is 5.32 Å². The molecule has 0 radical (unpaired) electrons. The highest BCUT2D eigenvalue weighted by molar-refractivity contribution is 5.90. The number of aryl methyl sites for hydroxylation is 2. The molecule has 6 nitrogen and oxygen atoms in total. The second-order valence-electron chi connectivity index (χ2n) is 6.46. The predicted octanol–water partition coefficient (Wildman–Crippen LogP) is 2.79. The van der Waals surface area contributed by atoms with Crippen LogP contribution >= 0.6 is 0 Å². The first-order chi connectivity index (χ1) is 12.1. The van der Waals surface area contributed by atoms with Gasteiger partial charge in [0.05, 0.1) is 18.9 Å². The Hall–Kier alpha value is -2.08. The SMILES string of the molecule is CCOC(=O)[C@@H](COC)OC(=O)Nc1c2c(cc3c1CCC3)CCC2. The van der Waals surface area contributed by atoms with Crippen molar-refractivity contribution in [3.8, 4) is 0 Å². The molecule has 1 amide bonds. The van der Waals surface area contributed by atoms with Gasteiger partial charge in [-0.1, -0.05) is 6.07 Å². The number of amides is 1. The molecule has 2 aliphatic carbocycles. The lowest BCUT2D eigenvalue weighted by Gasteiger charge is -2.19. The number of benzene rings is 1. The van der Waals surface area contributed by atoms with Crippen molar-refractivity contribution in [3.05, 3.63) is 28.3 Å².